The van der Waals surface area contributed by atoms with E-state index in [0.717, 1.165) is 0 Å². The molecule has 0 spiro atoms. The molecule has 12 heteroatoms. The molecular formula is C14H16BrFN4O5S. The summed E-state index contributed by atoms with van der Waals surface area (Å²) in [7, 11) is -3.80. The number of aliphatic hydroxyl groups excluding tert-OH is 1. The molecule has 2 rings (SSSR count). The summed E-state index contributed by atoms with van der Waals surface area (Å²) in [5, 5.41) is 34.4. The summed E-state index contributed by atoms with van der Waals surface area (Å²) < 4.78 is 40.2. The van der Waals surface area contributed by atoms with Gasteiger partial charge in [-0.3, -0.25) is 0 Å². The van der Waals surface area contributed by atoms with E-state index in [2.05, 4.69) is 36.0 Å². The van der Waals surface area contributed by atoms with E-state index in [1.54, 1.807) is 0 Å². The second-order valence-corrected chi connectivity index (χ2v) is 8.07. The Kier molecular flexibility index (Phi) is 6.81. The van der Waals surface area contributed by atoms with E-state index in [0.29, 0.717) is 5.56 Å². The monoisotopic (exact) mass is 450 g/mol. The van der Waals surface area contributed by atoms with Crippen molar-refractivity contribution in [1.29, 1.82) is 0 Å². The molecule has 0 aliphatic rings. The maximum atomic E-state index is 13.3. The lowest BCUT2D eigenvalue weighted by Gasteiger charge is -2.08. The maximum absolute atomic E-state index is 13.3. The third-order valence-corrected chi connectivity index (χ3v) is 4.90. The summed E-state index contributed by atoms with van der Waals surface area (Å²) in [5.74, 6) is -1.01. The van der Waals surface area contributed by atoms with Gasteiger partial charge in [-0.2, -0.15) is 0 Å². The first-order valence-electron chi connectivity index (χ1n) is 7.35. The molecule has 9 nitrogen and oxygen atoms in total. The van der Waals surface area contributed by atoms with E-state index in [1.807, 2.05) is 0 Å². The molecule has 26 heavy (non-hydrogen) atoms. The third-order valence-electron chi connectivity index (χ3n) is 3.45. The zero-order valence-electron chi connectivity index (χ0n) is 13.3. The van der Waals surface area contributed by atoms with Gasteiger partial charge in [0.2, 0.25) is 10.0 Å². The van der Waals surface area contributed by atoms with Crippen LogP contribution in [-0.4, -0.2) is 46.6 Å². The zero-order valence-corrected chi connectivity index (χ0v) is 15.7. The Balaban J connectivity index is 2.10. The summed E-state index contributed by atoms with van der Waals surface area (Å²) >= 11 is 3.07. The molecule has 0 bridgehead atoms. The van der Waals surface area contributed by atoms with Crippen LogP contribution in [0.4, 0.5) is 4.39 Å². The Morgan fingerprint density at radius 2 is 2.15 bits per heavy atom. The minimum absolute atomic E-state index is 0.0401. The number of aliphatic hydroxyl groups is 1. The van der Waals surface area contributed by atoms with Crippen LogP contribution in [0.5, 0.6) is 0 Å². The summed E-state index contributed by atoms with van der Waals surface area (Å²) in [6.07, 6.45) is -0.895. The van der Waals surface area contributed by atoms with E-state index in [-0.39, 0.29) is 40.8 Å². The van der Waals surface area contributed by atoms with Crippen molar-refractivity contribution in [3.8, 4) is 0 Å². The fourth-order valence-corrected chi connectivity index (χ4v) is 3.38. The number of aryl methyl sites for hydroxylation is 1. The predicted molar refractivity (Wildman–Crippen MR) is 92.7 cm³/mol. The Morgan fingerprint density at radius 1 is 1.42 bits per heavy atom. The molecular weight excluding hydrogens is 435 g/mol. The van der Waals surface area contributed by atoms with Crippen molar-refractivity contribution in [2.24, 2.45) is 10.3 Å². The lowest BCUT2D eigenvalue weighted by molar-refractivity contribution is 0.186. The molecule has 1 atom stereocenters. The molecule has 1 aromatic carbocycles. The average Bonchev–Trinajstić information content (AvgIpc) is 3.00. The van der Waals surface area contributed by atoms with Crippen LogP contribution in [-0.2, 0) is 22.9 Å². The Labute approximate surface area is 156 Å². The number of hydrogen-bond donors (Lipinski definition) is 3. The van der Waals surface area contributed by atoms with Crippen molar-refractivity contribution in [2.45, 2.75) is 25.4 Å². The molecule has 4 N–H and O–H groups in total. The van der Waals surface area contributed by atoms with E-state index in [9.17, 15) is 23.1 Å². The molecule has 2 aromatic rings. The van der Waals surface area contributed by atoms with E-state index >= 15 is 0 Å². The van der Waals surface area contributed by atoms with Crippen molar-refractivity contribution >= 4 is 31.7 Å². The topological polar surface area (TPSA) is 152 Å². The minimum atomic E-state index is -3.80. The van der Waals surface area contributed by atoms with Crippen LogP contribution in [0.2, 0.25) is 0 Å². The largest absolute Gasteiger partial charge is 0.411 e. The van der Waals surface area contributed by atoms with Crippen LogP contribution in [0.15, 0.2) is 32.5 Å². The highest BCUT2D eigenvalue weighted by Crippen LogP contribution is 2.19. The Morgan fingerprint density at radius 3 is 2.77 bits per heavy atom. The fraction of sp³-hybridized carbons (Fsp3) is 0.357. The van der Waals surface area contributed by atoms with Crippen molar-refractivity contribution in [1.82, 2.24) is 10.3 Å². The summed E-state index contributed by atoms with van der Waals surface area (Å²) in [6.45, 7) is 0. The van der Waals surface area contributed by atoms with Gasteiger partial charge in [-0.1, -0.05) is 16.4 Å². The molecule has 0 radical (unpaired) electrons. The number of benzene rings is 1. The lowest BCUT2D eigenvalue weighted by Crippen LogP contribution is -2.27. The van der Waals surface area contributed by atoms with Crippen LogP contribution in [0.3, 0.4) is 0 Å². The van der Waals surface area contributed by atoms with E-state index < -0.39 is 27.7 Å². The van der Waals surface area contributed by atoms with Gasteiger partial charge in [-0.25, -0.2) is 22.6 Å². The number of aromatic nitrogens is 2. The highest BCUT2D eigenvalue weighted by atomic mass is 79.9. The van der Waals surface area contributed by atoms with Crippen molar-refractivity contribution in [3.63, 3.8) is 0 Å². The first-order chi connectivity index (χ1) is 12.2. The van der Waals surface area contributed by atoms with Crippen LogP contribution in [0.1, 0.15) is 23.4 Å². The minimum Gasteiger partial charge on any atom is -0.411 e. The van der Waals surface area contributed by atoms with Gasteiger partial charge in [0.15, 0.2) is 5.69 Å². The van der Waals surface area contributed by atoms with Gasteiger partial charge in [-0.15, -0.1) is 0 Å². The number of nitrogens with zero attached hydrogens (tertiary/aromatic N) is 3. The molecule has 0 saturated carbocycles. The molecule has 1 heterocycles. The summed E-state index contributed by atoms with van der Waals surface area (Å²) in [5.41, 5.74) is 1.22. The second kappa shape index (κ2) is 8.66. The van der Waals surface area contributed by atoms with E-state index in [1.165, 1.54) is 18.2 Å². The smallest absolute Gasteiger partial charge is 0.211 e. The highest BCUT2D eigenvalue weighted by molar-refractivity contribution is 9.10. The Hall–Kier alpha value is -1.89. The SMILES string of the molecule is NS(=O)(=O)CC(O)CCc1nonc1/C(Cc1ccc(F)c(Br)c1)=N/O. The van der Waals surface area contributed by atoms with Gasteiger partial charge < -0.3 is 10.3 Å². The predicted octanol–water partition coefficient (Wildman–Crippen LogP) is 0.974. The zero-order chi connectivity index (χ0) is 19.3. The normalized spacial score (nSPS) is 13.8. The number of sulfonamides is 1. The first kappa shape index (κ1) is 20.4. The van der Waals surface area contributed by atoms with Crippen LogP contribution < -0.4 is 5.14 Å². The summed E-state index contributed by atoms with van der Waals surface area (Å²) in [6, 6.07) is 4.32. The third kappa shape index (κ3) is 5.83. The number of hydrogen-bond acceptors (Lipinski definition) is 8. The first-order valence-corrected chi connectivity index (χ1v) is 9.85. The maximum Gasteiger partial charge on any atom is 0.211 e. The molecule has 142 valence electrons. The summed E-state index contributed by atoms with van der Waals surface area (Å²) in [4.78, 5) is 0. The average molecular weight is 451 g/mol. The number of primary sulfonamides is 1. The molecule has 0 fully saturated rings. The van der Waals surface area contributed by atoms with Gasteiger partial charge in [0.25, 0.3) is 0 Å². The van der Waals surface area contributed by atoms with Gasteiger partial charge in [0.05, 0.1) is 16.3 Å². The fourth-order valence-electron chi connectivity index (χ4n) is 2.25. The van der Waals surface area contributed by atoms with E-state index in [4.69, 9.17) is 5.14 Å². The second-order valence-electron chi connectivity index (χ2n) is 5.55. The standard InChI is InChI=1S/C14H16BrFN4O5S/c15-10-5-8(1-3-11(10)16)6-13(18-22)14-12(19-25-20-14)4-2-9(21)7-26(17,23)24/h1,3,5,9,21-22H,2,4,6-7H2,(H2,17,23,24)/b18-13+. The molecule has 1 aromatic heterocycles. The van der Waals surface area contributed by atoms with Gasteiger partial charge in [0, 0.05) is 6.42 Å². The number of rotatable bonds is 8. The van der Waals surface area contributed by atoms with Crippen molar-refractivity contribution in [3.05, 3.63) is 45.4 Å². The van der Waals surface area contributed by atoms with Gasteiger partial charge in [0.1, 0.15) is 17.2 Å². The number of halogens is 2. The van der Waals surface area contributed by atoms with Gasteiger partial charge >= 0.3 is 0 Å². The van der Waals surface area contributed by atoms with Crippen molar-refractivity contribution < 1.29 is 27.8 Å². The van der Waals surface area contributed by atoms with Crippen LogP contribution >= 0.6 is 15.9 Å². The Bertz CT molecular complexity index is 902. The molecule has 1 unspecified atom stereocenters. The quantitative estimate of drug-likeness (QED) is 0.307. The van der Waals surface area contributed by atoms with Crippen LogP contribution in [0, 0.1) is 5.82 Å². The molecule has 0 aliphatic heterocycles. The number of oxime groups is 1. The lowest BCUT2D eigenvalue weighted by atomic mass is 10.0. The number of nitrogens with two attached hydrogens (primary N) is 1. The van der Waals surface area contributed by atoms with Crippen molar-refractivity contribution in [2.75, 3.05) is 5.75 Å². The van der Waals surface area contributed by atoms with Gasteiger partial charge in [-0.05, 0) is 51.6 Å². The molecule has 0 saturated heterocycles. The molecule has 0 amide bonds. The van der Waals surface area contributed by atoms with Crippen LogP contribution in [0.25, 0.3) is 0 Å². The highest BCUT2D eigenvalue weighted by Gasteiger charge is 2.20. The molecule has 0 aliphatic carbocycles.